The second kappa shape index (κ2) is 8.08. The quantitative estimate of drug-likeness (QED) is 0.656. The van der Waals surface area contributed by atoms with Gasteiger partial charge in [-0.3, -0.25) is 14.5 Å². The lowest BCUT2D eigenvalue weighted by molar-refractivity contribution is -0.131. The predicted octanol–water partition coefficient (Wildman–Crippen LogP) is 5.16. The van der Waals surface area contributed by atoms with Gasteiger partial charge in [0, 0.05) is 28.4 Å². The molecule has 1 aromatic carbocycles. The lowest BCUT2D eigenvalue weighted by atomic mass is 9.53. The first-order valence-corrected chi connectivity index (χ1v) is 12.2. The molecular weight excluding hydrogens is 435 g/mol. The Balaban J connectivity index is 1.25. The van der Waals surface area contributed by atoms with Crippen molar-refractivity contribution in [1.82, 2.24) is 10.2 Å². The van der Waals surface area contributed by atoms with Gasteiger partial charge in [0.15, 0.2) is 5.78 Å². The molecule has 3 amide bonds. The van der Waals surface area contributed by atoms with Gasteiger partial charge in [-0.25, -0.2) is 4.79 Å². The van der Waals surface area contributed by atoms with E-state index in [0.29, 0.717) is 40.6 Å². The zero-order chi connectivity index (χ0) is 21.8. The number of imide groups is 1. The van der Waals surface area contributed by atoms with Crippen LogP contribution in [0.5, 0.6) is 0 Å². The molecule has 4 bridgehead atoms. The summed E-state index contributed by atoms with van der Waals surface area (Å²) in [6.07, 6.45) is 8.24. The van der Waals surface area contributed by atoms with Crippen molar-refractivity contribution >= 4 is 40.9 Å². The summed E-state index contributed by atoms with van der Waals surface area (Å²) in [5.74, 6) is 1.76. The molecule has 1 atom stereocenters. The maximum absolute atomic E-state index is 13.2. The van der Waals surface area contributed by atoms with Gasteiger partial charge in [-0.15, -0.1) is 0 Å². The van der Waals surface area contributed by atoms with Crippen LogP contribution < -0.4 is 5.32 Å². The fraction of sp³-hybridized carbons (Fsp3) is 0.625. The van der Waals surface area contributed by atoms with Gasteiger partial charge in [-0.2, -0.15) is 0 Å². The Kier molecular flexibility index (Phi) is 5.54. The predicted molar refractivity (Wildman–Crippen MR) is 119 cm³/mol. The fourth-order valence-corrected chi connectivity index (χ4v) is 7.45. The molecule has 31 heavy (non-hydrogen) atoms. The third-order valence-electron chi connectivity index (χ3n) is 7.87. The van der Waals surface area contributed by atoms with Gasteiger partial charge < -0.3 is 5.32 Å². The number of nitrogens with one attached hydrogen (secondary N) is 1. The molecule has 6 rings (SSSR count). The van der Waals surface area contributed by atoms with E-state index in [1.165, 1.54) is 24.2 Å². The summed E-state index contributed by atoms with van der Waals surface area (Å²) in [5.41, 5.74) is 0.660. The molecule has 4 aliphatic carbocycles. The molecule has 1 aromatic rings. The van der Waals surface area contributed by atoms with E-state index in [0.717, 1.165) is 24.8 Å². The monoisotopic (exact) mass is 462 g/mol. The Morgan fingerprint density at radius 1 is 1.06 bits per heavy atom. The Labute approximate surface area is 192 Å². The summed E-state index contributed by atoms with van der Waals surface area (Å²) < 4.78 is 0. The fourth-order valence-electron chi connectivity index (χ4n) is 6.94. The van der Waals surface area contributed by atoms with Crippen LogP contribution in [-0.2, 0) is 16.0 Å². The molecule has 4 saturated carbocycles. The first kappa shape index (κ1) is 21.3. The summed E-state index contributed by atoms with van der Waals surface area (Å²) in [7, 11) is 0. The summed E-state index contributed by atoms with van der Waals surface area (Å²) in [5, 5.41) is 4.33. The first-order chi connectivity index (χ1) is 14.8. The van der Waals surface area contributed by atoms with E-state index < -0.39 is 6.04 Å². The molecule has 1 saturated heterocycles. The van der Waals surface area contributed by atoms with Gasteiger partial charge in [0.05, 0.1) is 0 Å². The molecule has 7 heteroatoms. The minimum absolute atomic E-state index is 0.0856. The highest BCUT2D eigenvalue weighted by Crippen LogP contribution is 2.55. The smallest absolute Gasteiger partial charge is 0.325 e. The summed E-state index contributed by atoms with van der Waals surface area (Å²) in [4.78, 5) is 40.0. The highest BCUT2D eigenvalue weighted by atomic mass is 35.5. The van der Waals surface area contributed by atoms with Crippen LogP contribution in [0.1, 0.15) is 63.4 Å². The van der Waals surface area contributed by atoms with Crippen molar-refractivity contribution < 1.29 is 14.4 Å². The van der Waals surface area contributed by atoms with Crippen LogP contribution in [0, 0.1) is 17.8 Å². The Hall–Kier alpha value is -1.59. The van der Waals surface area contributed by atoms with E-state index >= 15 is 0 Å². The van der Waals surface area contributed by atoms with E-state index in [1.807, 2.05) is 6.07 Å². The Morgan fingerprint density at radius 2 is 1.71 bits per heavy atom. The molecule has 0 spiro atoms. The lowest BCUT2D eigenvalue weighted by Crippen LogP contribution is -2.63. The average molecular weight is 463 g/mol. The van der Waals surface area contributed by atoms with Crippen molar-refractivity contribution in [3.63, 3.8) is 0 Å². The summed E-state index contributed by atoms with van der Waals surface area (Å²) in [6, 6.07) is 4.18. The van der Waals surface area contributed by atoms with Crippen LogP contribution in [0.4, 0.5) is 4.79 Å². The van der Waals surface area contributed by atoms with Gasteiger partial charge >= 0.3 is 6.03 Å². The van der Waals surface area contributed by atoms with E-state index in [-0.39, 0.29) is 36.1 Å². The number of nitrogens with zero attached hydrogens (tertiary/aromatic N) is 1. The molecule has 1 N–H and O–H groups in total. The third kappa shape index (κ3) is 4.11. The number of Topliss-reactive ketones (excluding diaryl/α,β-unsaturated/α-hetero) is 1. The molecule has 1 heterocycles. The number of carbonyl (C=O) groups excluding carboxylic acids is 3. The van der Waals surface area contributed by atoms with Crippen LogP contribution in [0.25, 0.3) is 0 Å². The zero-order valence-corrected chi connectivity index (χ0v) is 19.1. The number of carbonyl (C=O) groups is 3. The molecule has 5 fully saturated rings. The number of ketones is 1. The number of hydrogen-bond donors (Lipinski definition) is 1. The number of amides is 3. The number of likely N-dealkylation sites (tertiary alicyclic amines) is 1. The molecule has 0 aromatic heterocycles. The molecule has 0 unspecified atom stereocenters. The van der Waals surface area contributed by atoms with E-state index in [9.17, 15) is 14.4 Å². The van der Waals surface area contributed by atoms with Gasteiger partial charge in [-0.1, -0.05) is 29.3 Å². The second-order valence-electron chi connectivity index (χ2n) is 10.1. The highest BCUT2D eigenvalue weighted by molar-refractivity contribution is 6.35. The molecule has 5 nitrogen and oxygen atoms in total. The van der Waals surface area contributed by atoms with Gasteiger partial charge in [0.2, 0.25) is 5.91 Å². The number of halogens is 2. The number of hydrogen-bond acceptors (Lipinski definition) is 3. The molecule has 166 valence electrons. The Bertz CT molecular complexity index is 896. The van der Waals surface area contributed by atoms with Crippen LogP contribution in [0.2, 0.25) is 10.0 Å². The van der Waals surface area contributed by atoms with Crippen molar-refractivity contribution in [2.75, 3.05) is 0 Å². The summed E-state index contributed by atoms with van der Waals surface area (Å²) >= 11 is 12.2. The topological polar surface area (TPSA) is 66.5 Å². The molecule has 0 radical (unpaired) electrons. The SMILES string of the molecule is O=C(CCc1ccc(Cl)cc1Cl)[C@@H]1CCC(=O)N1C(=O)NC12CC3CC(CC(C3)C1)C2. The van der Waals surface area contributed by atoms with E-state index in [1.54, 1.807) is 12.1 Å². The van der Waals surface area contributed by atoms with Gasteiger partial charge in [0.1, 0.15) is 6.04 Å². The van der Waals surface area contributed by atoms with Crippen molar-refractivity contribution in [3.05, 3.63) is 33.8 Å². The highest BCUT2D eigenvalue weighted by Gasteiger charge is 2.53. The normalized spacial score (nSPS) is 33.7. The van der Waals surface area contributed by atoms with Gasteiger partial charge in [0.25, 0.3) is 0 Å². The lowest BCUT2D eigenvalue weighted by Gasteiger charge is -2.57. The van der Waals surface area contributed by atoms with Crippen LogP contribution >= 0.6 is 23.2 Å². The van der Waals surface area contributed by atoms with Crippen molar-refractivity contribution in [1.29, 1.82) is 0 Å². The van der Waals surface area contributed by atoms with Crippen molar-refractivity contribution in [2.24, 2.45) is 17.8 Å². The van der Waals surface area contributed by atoms with Crippen molar-refractivity contribution in [3.8, 4) is 0 Å². The third-order valence-corrected chi connectivity index (χ3v) is 8.46. The summed E-state index contributed by atoms with van der Waals surface area (Å²) in [6.45, 7) is 0. The average Bonchev–Trinajstić information content (AvgIpc) is 3.07. The second-order valence-corrected chi connectivity index (χ2v) is 11.0. The van der Waals surface area contributed by atoms with Crippen LogP contribution in [0.3, 0.4) is 0 Å². The van der Waals surface area contributed by atoms with Crippen LogP contribution in [-0.4, -0.2) is 34.2 Å². The largest absolute Gasteiger partial charge is 0.332 e. The Morgan fingerprint density at radius 3 is 2.32 bits per heavy atom. The van der Waals surface area contributed by atoms with E-state index in [2.05, 4.69) is 5.32 Å². The molecule has 5 aliphatic rings. The minimum atomic E-state index is -0.674. The van der Waals surface area contributed by atoms with E-state index in [4.69, 9.17) is 23.2 Å². The molecular formula is C24H28Cl2N2O3. The standard InChI is InChI=1S/C24H28Cl2N2O3/c25-18-3-1-17(19(26)10-18)2-5-21(29)20-4-6-22(30)28(20)23(31)27-24-11-14-7-15(12-24)9-16(8-14)13-24/h1,3,10,14-16,20H,2,4-9,11-13H2,(H,27,31)/t14?,15?,16?,20-,24?/m0/s1. The molecule has 1 aliphatic heterocycles. The number of benzene rings is 1. The number of urea groups is 1. The maximum atomic E-state index is 13.2. The van der Waals surface area contributed by atoms with Gasteiger partial charge in [-0.05, 0) is 86.8 Å². The van der Waals surface area contributed by atoms with Crippen LogP contribution in [0.15, 0.2) is 18.2 Å². The number of aryl methyl sites for hydroxylation is 1. The zero-order valence-electron chi connectivity index (χ0n) is 17.5. The van der Waals surface area contributed by atoms with Crippen molar-refractivity contribution in [2.45, 2.75) is 75.8 Å². The number of rotatable bonds is 5. The minimum Gasteiger partial charge on any atom is -0.332 e. The first-order valence-electron chi connectivity index (χ1n) is 11.4. The maximum Gasteiger partial charge on any atom is 0.325 e.